The van der Waals surface area contributed by atoms with Gasteiger partial charge in [0.15, 0.2) is 0 Å². The van der Waals surface area contributed by atoms with Crippen LogP contribution in [0.4, 0.5) is 4.79 Å². The van der Waals surface area contributed by atoms with Crippen LogP contribution in [0, 0.1) is 0 Å². The summed E-state index contributed by atoms with van der Waals surface area (Å²) in [6.45, 7) is 3.63. The standard InChI is InChI=1S/C10H14O3/c1-2-5-8-6-3-4-7-9(8)13-10(11)12/h2H,1,3-7H2,(H,11,12). The van der Waals surface area contributed by atoms with Crippen LogP contribution in [0.2, 0.25) is 0 Å². The first-order valence-electron chi connectivity index (χ1n) is 4.46. The average molecular weight is 182 g/mol. The molecule has 72 valence electrons. The van der Waals surface area contributed by atoms with Crippen molar-refractivity contribution >= 4 is 6.16 Å². The van der Waals surface area contributed by atoms with Gasteiger partial charge in [-0.2, -0.15) is 0 Å². The topological polar surface area (TPSA) is 46.5 Å². The molecule has 1 aliphatic rings. The van der Waals surface area contributed by atoms with Gasteiger partial charge in [0.05, 0.1) is 0 Å². The van der Waals surface area contributed by atoms with Gasteiger partial charge in [-0.15, -0.1) is 6.58 Å². The molecular formula is C10H14O3. The number of hydrogen-bond donors (Lipinski definition) is 1. The molecule has 0 heterocycles. The first-order chi connectivity index (χ1) is 6.24. The maximum absolute atomic E-state index is 10.3. The van der Waals surface area contributed by atoms with E-state index in [0.29, 0.717) is 5.76 Å². The third kappa shape index (κ3) is 2.93. The molecule has 0 aromatic carbocycles. The summed E-state index contributed by atoms with van der Waals surface area (Å²) >= 11 is 0. The largest absolute Gasteiger partial charge is 0.511 e. The lowest BCUT2D eigenvalue weighted by molar-refractivity contribution is 0.113. The van der Waals surface area contributed by atoms with Gasteiger partial charge in [-0.25, -0.2) is 4.79 Å². The van der Waals surface area contributed by atoms with Crippen LogP contribution in [0.5, 0.6) is 0 Å². The summed E-state index contributed by atoms with van der Waals surface area (Å²) in [5.41, 5.74) is 1.09. The highest BCUT2D eigenvalue weighted by Gasteiger charge is 2.15. The van der Waals surface area contributed by atoms with Gasteiger partial charge < -0.3 is 9.84 Å². The van der Waals surface area contributed by atoms with E-state index < -0.39 is 6.16 Å². The summed E-state index contributed by atoms with van der Waals surface area (Å²) in [4.78, 5) is 10.3. The van der Waals surface area contributed by atoms with Crippen LogP contribution in [-0.2, 0) is 4.74 Å². The zero-order chi connectivity index (χ0) is 9.68. The summed E-state index contributed by atoms with van der Waals surface area (Å²) in [6.07, 6.45) is 5.13. The minimum absolute atomic E-state index is 0.638. The highest BCUT2D eigenvalue weighted by molar-refractivity contribution is 5.58. The van der Waals surface area contributed by atoms with Crippen LogP contribution >= 0.6 is 0 Å². The van der Waals surface area contributed by atoms with Crippen LogP contribution in [0.3, 0.4) is 0 Å². The van der Waals surface area contributed by atoms with Gasteiger partial charge in [-0.05, 0) is 31.3 Å². The maximum atomic E-state index is 10.3. The van der Waals surface area contributed by atoms with Gasteiger partial charge in [0.25, 0.3) is 0 Å². The van der Waals surface area contributed by atoms with Crippen molar-refractivity contribution in [3.63, 3.8) is 0 Å². The molecule has 0 radical (unpaired) electrons. The average Bonchev–Trinajstić information content (AvgIpc) is 2.08. The minimum atomic E-state index is -1.21. The molecular weight excluding hydrogens is 168 g/mol. The smallest absolute Gasteiger partial charge is 0.449 e. The quantitative estimate of drug-likeness (QED) is 0.539. The molecule has 13 heavy (non-hydrogen) atoms. The second-order valence-corrected chi connectivity index (χ2v) is 3.09. The predicted molar refractivity (Wildman–Crippen MR) is 49.4 cm³/mol. The van der Waals surface area contributed by atoms with Crippen LogP contribution in [-0.4, -0.2) is 11.3 Å². The lowest BCUT2D eigenvalue weighted by atomic mass is 9.95. The predicted octanol–water partition coefficient (Wildman–Crippen LogP) is 3.09. The molecule has 0 aromatic heterocycles. The second-order valence-electron chi connectivity index (χ2n) is 3.09. The van der Waals surface area contributed by atoms with E-state index in [-0.39, 0.29) is 0 Å². The highest BCUT2D eigenvalue weighted by atomic mass is 16.7. The Hall–Kier alpha value is -1.25. The number of carboxylic acid groups (broad SMARTS) is 1. The molecule has 0 aliphatic heterocycles. The Morgan fingerprint density at radius 3 is 2.85 bits per heavy atom. The number of carbonyl (C=O) groups is 1. The molecule has 3 nitrogen and oxygen atoms in total. The Labute approximate surface area is 77.7 Å². The third-order valence-electron chi connectivity index (χ3n) is 2.13. The van der Waals surface area contributed by atoms with Crippen molar-refractivity contribution in [3.05, 3.63) is 24.0 Å². The summed E-state index contributed by atoms with van der Waals surface area (Å²) < 4.78 is 4.70. The molecule has 0 amide bonds. The first kappa shape index (κ1) is 9.84. The van der Waals surface area contributed by atoms with Crippen LogP contribution in [0.1, 0.15) is 32.1 Å². The third-order valence-corrected chi connectivity index (χ3v) is 2.13. The van der Waals surface area contributed by atoms with Gasteiger partial charge in [-0.3, -0.25) is 0 Å². The molecule has 0 atom stereocenters. The molecule has 0 fully saturated rings. The Morgan fingerprint density at radius 2 is 2.23 bits per heavy atom. The van der Waals surface area contributed by atoms with Gasteiger partial charge in [0, 0.05) is 6.42 Å². The first-order valence-corrected chi connectivity index (χ1v) is 4.46. The fourth-order valence-electron chi connectivity index (χ4n) is 1.56. The van der Waals surface area contributed by atoms with Crippen molar-refractivity contribution in [1.82, 2.24) is 0 Å². The fraction of sp³-hybridized carbons (Fsp3) is 0.500. The van der Waals surface area contributed by atoms with Crippen molar-refractivity contribution in [2.75, 3.05) is 0 Å². The lowest BCUT2D eigenvalue weighted by Crippen LogP contribution is -2.07. The van der Waals surface area contributed by atoms with E-state index in [0.717, 1.165) is 37.7 Å². The molecule has 1 N–H and O–H groups in total. The fourth-order valence-corrected chi connectivity index (χ4v) is 1.56. The Morgan fingerprint density at radius 1 is 1.54 bits per heavy atom. The molecule has 1 aliphatic carbocycles. The van der Waals surface area contributed by atoms with E-state index in [1.807, 2.05) is 0 Å². The van der Waals surface area contributed by atoms with Gasteiger partial charge in [0.2, 0.25) is 0 Å². The summed E-state index contributed by atoms with van der Waals surface area (Å²) in [6, 6.07) is 0. The monoisotopic (exact) mass is 182 g/mol. The zero-order valence-corrected chi connectivity index (χ0v) is 7.58. The van der Waals surface area contributed by atoms with E-state index >= 15 is 0 Å². The SMILES string of the molecule is C=CCC1=C(OC(=O)O)CCCC1. The molecule has 3 heteroatoms. The lowest BCUT2D eigenvalue weighted by Gasteiger charge is -2.17. The molecule has 1 rings (SSSR count). The Kier molecular flexibility index (Phi) is 3.55. The van der Waals surface area contributed by atoms with Crippen LogP contribution in [0.25, 0.3) is 0 Å². The number of ether oxygens (including phenoxy) is 1. The van der Waals surface area contributed by atoms with Crippen molar-refractivity contribution in [2.24, 2.45) is 0 Å². The Bertz CT molecular complexity index is 241. The van der Waals surface area contributed by atoms with E-state index in [9.17, 15) is 4.79 Å². The minimum Gasteiger partial charge on any atom is -0.449 e. The maximum Gasteiger partial charge on any atom is 0.511 e. The van der Waals surface area contributed by atoms with Crippen LogP contribution < -0.4 is 0 Å². The van der Waals surface area contributed by atoms with E-state index in [4.69, 9.17) is 9.84 Å². The van der Waals surface area contributed by atoms with Crippen molar-refractivity contribution < 1.29 is 14.6 Å². The molecule has 0 bridgehead atoms. The van der Waals surface area contributed by atoms with Crippen LogP contribution in [0.15, 0.2) is 24.0 Å². The summed E-state index contributed by atoms with van der Waals surface area (Å²) in [5.74, 6) is 0.638. The van der Waals surface area contributed by atoms with Gasteiger partial charge in [0.1, 0.15) is 5.76 Å². The van der Waals surface area contributed by atoms with Crippen molar-refractivity contribution in [2.45, 2.75) is 32.1 Å². The second kappa shape index (κ2) is 4.70. The molecule has 0 saturated heterocycles. The summed E-state index contributed by atoms with van der Waals surface area (Å²) in [5, 5.41) is 8.47. The van der Waals surface area contributed by atoms with Crippen molar-refractivity contribution in [3.8, 4) is 0 Å². The molecule has 0 saturated carbocycles. The molecule has 0 spiro atoms. The Balaban J connectivity index is 2.70. The summed E-state index contributed by atoms with van der Waals surface area (Å²) in [7, 11) is 0. The van der Waals surface area contributed by atoms with E-state index in [1.54, 1.807) is 6.08 Å². The van der Waals surface area contributed by atoms with Crippen molar-refractivity contribution in [1.29, 1.82) is 0 Å². The number of allylic oxidation sites excluding steroid dienone is 3. The zero-order valence-electron chi connectivity index (χ0n) is 7.58. The van der Waals surface area contributed by atoms with E-state index in [2.05, 4.69) is 6.58 Å². The number of rotatable bonds is 3. The normalized spacial score (nSPS) is 16.9. The van der Waals surface area contributed by atoms with E-state index in [1.165, 1.54) is 0 Å². The number of hydrogen-bond acceptors (Lipinski definition) is 2. The molecule has 0 aromatic rings. The molecule has 0 unspecified atom stereocenters. The van der Waals surface area contributed by atoms with Gasteiger partial charge >= 0.3 is 6.16 Å². The van der Waals surface area contributed by atoms with Gasteiger partial charge in [-0.1, -0.05) is 6.08 Å². The highest BCUT2D eigenvalue weighted by Crippen LogP contribution is 2.27.